The van der Waals surface area contributed by atoms with Gasteiger partial charge in [0.05, 0.1) is 19.3 Å². The van der Waals surface area contributed by atoms with E-state index in [0.717, 1.165) is 37.0 Å². The van der Waals surface area contributed by atoms with Crippen LogP contribution in [0.4, 0.5) is 0 Å². The number of aryl methyl sites for hydroxylation is 1. The van der Waals surface area contributed by atoms with Crippen LogP contribution in [0.15, 0.2) is 30.5 Å². The van der Waals surface area contributed by atoms with Crippen molar-refractivity contribution in [2.24, 2.45) is 0 Å². The number of carbonyl (C=O) groups is 2. The molecule has 1 fully saturated rings. The van der Waals surface area contributed by atoms with Crippen LogP contribution in [0.25, 0.3) is 0 Å². The van der Waals surface area contributed by atoms with Crippen molar-refractivity contribution in [1.29, 1.82) is 0 Å². The molecule has 0 aliphatic heterocycles. The molecule has 1 aromatic heterocycles. The number of ether oxygens (including phenoxy) is 1. The number of nitrogens with one attached hydrogen (secondary N) is 2. The Kier molecular flexibility index (Phi) is 7.43. The van der Waals surface area contributed by atoms with Gasteiger partial charge in [-0.15, -0.1) is 5.10 Å². The zero-order valence-corrected chi connectivity index (χ0v) is 17.9. The lowest BCUT2D eigenvalue weighted by atomic mass is 9.91. The summed E-state index contributed by atoms with van der Waals surface area (Å²) in [4.78, 5) is 24.4. The van der Waals surface area contributed by atoms with Crippen molar-refractivity contribution in [3.8, 4) is 5.75 Å². The molecule has 1 saturated carbocycles. The number of hydrogen-bond acceptors (Lipinski definition) is 5. The molecule has 1 aromatic carbocycles. The predicted molar refractivity (Wildman–Crippen MR) is 113 cm³/mol. The fraction of sp³-hybridized carbons (Fsp3) is 0.545. The molecule has 2 aromatic rings. The summed E-state index contributed by atoms with van der Waals surface area (Å²) in [5, 5.41) is 14.1. The molecule has 30 heavy (non-hydrogen) atoms. The van der Waals surface area contributed by atoms with E-state index in [4.69, 9.17) is 4.74 Å². The van der Waals surface area contributed by atoms with E-state index < -0.39 is 0 Å². The largest absolute Gasteiger partial charge is 0.496 e. The molecule has 1 aliphatic rings. The van der Waals surface area contributed by atoms with Gasteiger partial charge in [0.2, 0.25) is 5.91 Å². The number of benzene rings is 1. The van der Waals surface area contributed by atoms with E-state index in [0.29, 0.717) is 18.5 Å². The monoisotopic (exact) mass is 413 g/mol. The van der Waals surface area contributed by atoms with E-state index in [9.17, 15) is 9.59 Å². The summed E-state index contributed by atoms with van der Waals surface area (Å²) < 4.78 is 7.13. The Bertz CT molecular complexity index is 856. The summed E-state index contributed by atoms with van der Waals surface area (Å²) in [7, 11) is 1.65. The molecular formula is C22H31N5O3. The molecule has 1 heterocycles. The molecule has 0 atom stereocenters. The van der Waals surface area contributed by atoms with Gasteiger partial charge in [-0.3, -0.25) is 9.59 Å². The number of hydrogen-bond donors (Lipinski definition) is 2. The maximum atomic E-state index is 12.4. The molecule has 0 unspecified atom stereocenters. The Morgan fingerprint density at radius 1 is 1.20 bits per heavy atom. The minimum absolute atomic E-state index is 0.0599. The Morgan fingerprint density at radius 3 is 2.63 bits per heavy atom. The quantitative estimate of drug-likeness (QED) is 0.693. The van der Waals surface area contributed by atoms with E-state index in [1.54, 1.807) is 18.0 Å². The Labute approximate surface area is 177 Å². The SMILES string of the molecule is COc1ccccc1CCC(=O)NC1CCC(n2cc(C(=O)NC(C)C)nn2)CC1. The van der Waals surface area contributed by atoms with Crippen molar-refractivity contribution in [2.45, 2.75) is 70.5 Å². The van der Waals surface area contributed by atoms with Crippen molar-refractivity contribution >= 4 is 11.8 Å². The molecule has 0 spiro atoms. The second-order valence-electron chi connectivity index (χ2n) is 8.10. The van der Waals surface area contributed by atoms with Gasteiger partial charge >= 0.3 is 0 Å². The van der Waals surface area contributed by atoms with Crippen LogP contribution in [0.2, 0.25) is 0 Å². The predicted octanol–water partition coefficient (Wildman–Crippen LogP) is 2.66. The minimum atomic E-state index is -0.202. The van der Waals surface area contributed by atoms with Gasteiger partial charge in [0.1, 0.15) is 5.75 Å². The van der Waals surface area contributed by atoms with E-state index in [1.807, 2.05) is 38.1 Å². The summed E-state index contributed by atoms with van der Waals surface area (Å²) in [5.41, 5.74) is 1.39. The molecule has 1 aliphatic carbocycles. The first kappa shape index (κ1) is 21.8. The number of aromatic nitrogens is 3. The van der Waals surface area contributed by atoms with Crippen LogP contribution < -0.4 is 15.4 Å². The first-order valence-electron chi connectivity index (χ1n) is 10.6. The van der Waals surface area contributed by atoms with Gasteiger partial charge in [0, 0.05) is 18.5 Å². The minimum Gasteiger partial charge on any atom is -0.496 e. The summed E-state index contributed by atoms with van der Waals surface area (Å²) >= 11 is 0. The Morgan fingerprint density at radius 2 is 1.93 bits per heavy atom. The van der Waals surface area contributed by atoms with Gasteiger partial charge in [-0.2, -0.15) is 0 Å². The van der Waals surface area contributed by atoms with Crippen LogP contribution in [0.3, 0.4) is 0 Å². The molecule has 0 saturated heterocycles. The molecule has 3 rings (SSSR count). The average molecular weight is 414 g/mol. The summed E-state index contributed by atoms with van der Waals surface area (Å²) in [6, 6.07) is 8.24. The molecule has 2 amide bonds. The number of methoxy groups -OCH3 is 1. The molecule has 0 radical (unpaired) electrons. The highest BCUT2D eigenvalue weighted by molar-refractivity contribution is 5.92. The van der Waals surface area contributed by atoms with Gasteiger partial charge in [0.15, 0.2) is 5.69 Å². The van der Waals surface area contributed by atoms with Crippen molar-refractivity contribution in [3.05, 3.63) is 41.7 Å². The molecule has 162 valence electrons. The second-order valence-corrected chi connectivity index (χ2v) is 8.10. The lowest BCUT2D eigenvalue weighted by Gasteiger charge is -2.29. The van der Waals surface area contributed by atoms with Crippen LogP contribution >= 0.6 is 0 Å². The topological polar surface area (TPSA) is 98.1 Å². The van der Waals surface area contributed by atoms with Crippen molar-refractivity contribution in [3.63, 3.8) is 0 Å². The number of nitrogens with zero attached hydrogens (tertiary/aromatic N) is 3. The van der Waals surface area contributed by atoms with Crippen molar-refractivity contribution in [1.82, 2.24) is 25.6 Å². The molecule has 8 heteroatoms. The third-order valence-corrected chi connectivity index (χ3v) is 5.41. The third kappa shape index (κ3) is 5.81. The average Bonchev–Trinajstić information content (AvgIpc) is 3.23. The van der Waals surface area contributed by atoms with Crippen molar-refractivity contribution in [2.75, 3.05) is 7.11 Å². The zero-order chi connectivity index (χ0) is 21.5. The van der Waals surface area contributed by atoms with Crippen LogP contribution in [0.5, 0.6) is 5.75 Å². The van der Waals surface area contributed by atoms with Crippen LogP contribution in [-0.4, -0.2) is 46.0 Å². The maximum absolute atomic E-state index is 12.4. The smallest absolute Gasteiger partial charge is 0.273 e. The zero-order valence-electron chi connectivity index (χ0n) is 17.9. The van der Waals surface area contributed by atoms with Gasteiger partial charge in [-0.25, -0.2) is 4.68 Å². The van der Waals surface area contributed by atoms with Gasteiger partial charge < -0.3 is 15.4 Å². The van der Waals surface area contributed by atoms with Gasteiger partial charge in [-0.1, -0.05) is 23.4 Å². The van der Waals surface area contributed by atoms with Crippen LogP contribution in [0.1, 0.15) is 68.0 Å². The Hall–Kier alpha value is -2.90. The molecule has 0 bridgehead atoms. The highest BCUT2D eigenvalue weighted by atomic mass is 16.5. The lowest BCUT2D eigenvalue weighted by molar-refractivity contribution is -0.122. The van der Waals surface area contributed by atoms with E-state index >= 15 is 0 Å². The highest BCUT2D eigenvalue weighted by Crippen LogP contribution is 2.28. The van der Waals surface area contributed by atoms with E-state index in [1.165, 1.54) is 0 Å². The summed E-state index contributed by atoms with van der Waals surface area (Å²) in [5.74, 6) is 0.685. The van der Waals surface area contributed by atoms with Crippen LogP contribution in [0, 0.1) is 0 Å². The van der Waals surface area contributed by atoms with Gasteiger partial charge in [0.25, 0.3) is 5.91 Å². The van der Waals surface area contributed by atoms with E-state index in [2.05, 4.69) is 20.9 Å². The second kappa shape index (κ2) is 10.2. The standard InChI is InChI=1S/C22H31N5O3/c1-15(2)23-22(29)19-14-27(26-25-19)18-11-9-17(10-12-18)24-21(28)13-8-16-6-4-5-7-20(16)30-3/h4-7,14-15,17-18H,8-13H2,1-3H3,(H,23,29)(H,24,28). The molecular weight excluding hydrogens is 382 g/mol. The fourth-order valence-corrected chi connectivity index (χ4v) is 3.84. The fourth-order valence-electron chi connectivity index (χ4n) is 3.84. The normalized spacial score (nSPS) is 18.8. The highest BCUT2D eigenvalue weighted by Gasteiger charge is 2.25. The number of carbonyl (C=O) groups excluding carboxylic acids is 2. The van der Waals surface area contributed by atoms with Crippen LogP contribution in [-0.2, 0) is 11.2 Å². The maximum Gasteiger partial charge on any atom is 0.273 e. The van der Waals surface area contributed by atoms with E-state index in [-0.39, 0.29) is 29.9 Å². The Balaban J connectivity index is 1.44. The lowest BCUT2D eigenvalue weighted by Crippen LogP contribution is -2.38. The number of para-hydroxylation sites is 1. The molecule has 2 N–H and O–H groups in total. The first-order valence-corrected chi connectivity index (χ1v) is 10.6. The first-order chi connectivity index (χ1) is 14.5. The summed E-state index contributed by atoms with van der Waals surface area (Å²) in [6.45, 7) is 3.82. The van der Waals surface area contributed by atoms with Gasteiger partial charge in [-0.05, 0) is 57.6 Å². The number of amides is 2. The molecule has 8 nitrogen and oxygen atoms in total. The number of rotatable bonds is 8. The summed E-state index contributed by atoms with van der Waals surface area (Å²) in [6.07, 6.45) is 6.38. The van der Waals surface area contributed by atoms with Crippen molar-refractivity contribution < 1.29 is 14.3 Å². The third-order valence-electron chi connectivity index (χ3n) is 5.41.